The van der Waals surface area contributed by atoms with Gasteiger partial charge in [0.25, 0.3) is 0 Å². The number of carbonyl (C=O) groups is 2. The molecule has 0 saturated carbocycles. The summed E-state index contributed by atoms with van der Waals surface area (Å²) >= 11 is 14.0. The van der Waals surface area contributed by atoms with Gasteiger partial charge < -0.3 is 29.2 Å². The van der Waals surface area contributed by atoms with E-state index >= 15 is 0 Å². The highest BCUT2D eigenvalue weighted by atomic mass is 35.5. The molecule has 0 bridgehead atoms. The largest absolute Gasteiger partial charge is 0.488 e. The number of aromatic nitrogens is 2. The summed E-state index contributed by atoms with van der Waals surface area (Å²) in [5.41, 5.74) is 9.63. The first-order valence-electron chi connectivity index (χ1n) is 25.7. The number of rotatable bonds is 21. The molecular weight excluding hydrogens is 1080 g/mol. The van der Waals surface area contributed by atoms with Crippen LogP contribution in [0.25, 0.3) is 11.1 Å². The Balaban J connectivity index is 1.02. The van der Waals surface area contributed by atoms with Crippen LogP contribution in [0.4, 0.5) is 11.4 Å². The summed E-state index contributed by atoms with van der Waals surface area (Å²) in [6.07, 6.45) is 17.2. The molecule has 16 nitrogen and oxygen atoms in total. The minimum absolute atomic E-state index is 0.103. The number of likely N-dealkylation sites (tertiary alicyclic amines) is 2. The van der Waals surface area contributed by atoms with Crippen LogP contribution in [0.5, 0.6) is 23.0 Å². The number of hydrogen-bond acceptors (Lipinski definition) is 14. The van der Waals surface area contributed by atoms with Crippen molar-refractivity contribution in [3.05, 3.63) is 152 Å². The fourth-order valence-electron chi connectivity index (χ4n) is 9.86. The summed E-state index contributed by atoms with van der Waals surface area (Å²) in [6.45, 7) is 6.51. The number of aliphatic carboxylic acids is 2. The van der Waals surface area contributed by atoms with Crippen LogP contribution in [0.2, 0.25) is 10.0 Å². The number of benzene rings is 4. The van der Waals surface area contributed by atoms with Crippen LogP contribution >= 0.6 is 23.2 Å². The average Bonchev–Trinajstić information content (AvgIpc) is 3.39. The zero-order valence-corrected chi connectivity index (χ0v) is 47.9. The van der Waals surface area contributed by atoms with E-state index in [4.69, 9.17) is 42.1 Å². The first-order valence-corrected chi connectivity index (χ1v) is 31.1. The Morgan fingerprint density at radius 1 is 0.564 bits per heavy atom. The topological polar surface area (TPSA) is 203 Å². The maximum Gasteiger partial charge on any atom is 0.320 e. The molecule has 2 saturated heterocycles. The molecule has 2 fully saturated rings. The van der Waals surface area contributed by atoms with E-state index in [0.29, 0.717) is 106 Å². The van der Waals surface area contributed by atoms with Crippen LogP contribution in [0.1, 0.15) is 83.0 Å². The number of piperidine rings is 2. The second kappa shape index (κ2) is 25.7. The number of ether oxygens (including phenoxy) is 4. The number of carboxylic acid groups (broad SMARTS) is 2. The van der Waals surface area contributed by atoms with Gasteiger partial charge in [-0.3, -0.25) is 29.4 Å². The van der Waals surface area contributed by atoms with Crippen molar-refractivity contribution in [2.45, 2.75) is 104 Å². The molecule has 4 aromatic carbocycles. The maximum absolute atomic E-state index is 12.4. The van der Waals surface area contributed by atoms with Crippen molar-refractivity contribution >= 4 is 66.0 Å². The van der Waals surface area contributed by atoms with Gasteiger partial charge in [0.15, 0.2) is 0 Å². The van der Waals surface area contributed by atoms with Gasteiger partial charge in [-0.05, 0) is 110 Å². The molecule has 0 spiro atoms. The summed E-state index contributed by atoms with van der Waals surface area (Å²) in [5, 5.41) is 20.8. The first-order chi connectivity index (χ1) is 37.2. The molecule has 8 rings (SSSR count). The number of pyridine rings is 2. The molecule has 2 aliphatic rings. The van der Waals surface area contributed by atoms with Crippen molar-refractivity contribution in [3.63, 3.8) is 0 Å². The summed E-state index contributed by atoms with van der Waals surface area (Å²) in [7, 11) is -4.84. The quantitative estimate of drug-likeness (QED) is 0.0689. The Morgan fingerprint density at radius 3 is 1.35 bits per heavy atom. The predicted octanol–water partition coefficient (Wildman–Crippen LogP) is 12.0. The molecule has 4 heterocycles. The number of carboxylic acids is 2. The van der Waals surface area contributed by atoms with Gasteiger partial charge in [-0.25, -0.2) is 8.42 Å². The van der Waals surface area contributed by atoms with E-state index in [1.165, 1.54) is 0 Å². The van der Waals surface area contributed by atoms with E-state index in [2.05, 4.69) is 44.7 Å². The molecule has 0 amide bonds. The Kier molecular flexibility index (Phi) is 19.1. The van der Waals surface area contributed by atoms with Crippen molar-refractivity contribution < 1.29 is 47.2 Å². The van der Waals surface area contributed by atoms with Crippen molar-refractivity contribution in [2.24, 2.45) is 8.73 Å². The van der Waals surface area contributed by atoms with E-state index < -0.39 is 43.5 Å². The first kappa shape index (κ1) is 57.9. The molecule has 0 radical (unpaired) electrons. The third-order valence-electron chi connectivity index (χ3n) is 13.7. The minimum atomic E-state index is -2.42. The highest BCUT2D eigenvalue weighted by molar-refractivity contribution is 7.92. The van der Waals surface area contributed by atoms with E-state index in [9.17, 15) is 28.2 Å². The van der Waals surface area contributed by atoms with E-state index in [1.807, 2.05) is 34.1 Å². The number of halogens is 2. The molecule has 0 unspecified atom stereocenters. The van der Waals surface area contributed by atoms with Crippen LogP contribution in [0, 0.1) is 13.8 Å². The lowest BCUT2D eigenvalue weighted by molar-refractivity contribution is -0.145. The fourth-order valence-corrected chi connectivity index (χ4v) is 11.6. The van der Waals surface area contributed by atoms with Crippen molar-refractivity contribution in [1.29, 1.82) is 0 Å². The third-order valence-corrected chi connectivity index (χ3v) is 15.6. The SMILES string of the molecule is Cc1c(COc2cc(OCc3cncc(N=S(C)(C)=O)c3)c(CN3CCCC[C@H]3C(=O)O)cc2Cl)cccc1-c1cccc(COc2cc(OCc3cncc(N=S(C)(C)=O)c3)c(CN3CCCC[C@H]3C(=O)O)cc2Cl)c1C. The number of hydrogen-bond donors (Lipinski definition) is 2. The molecule has 2 N–H and O–H groups in total. The summed E-state index contributed by atoms with van der Waals surface area (Å²) < 4.78 is 59.3. The Hall–Kier alpha value is -6.28. The predicted molar refractivity (Wildman–Crippen MR) is 306 cm³/mol. The van der Waals surface area contributed by atoms with Gasteiger partial charge in [0.05, 0.1) is 33.8 Å². The number of nitrogens with zero attached hydrogens (tertiary/aromatic N) is 6. The average molecular weight is 1140 g/mol. The van der Waals surface area contributed by atoms with Crippen LogP contribution in [0.3, 0.4) is 0 Å². The summed E-state index contributed by atoms with van der Waals surface area (Å²) in [4.78, 5) is 37.0. The molecule has 6 aromatic rings. The monoisotopic (exact) mass is 1140 g/mol. The molecular formula is C58H66Cl2N6O10S2. The Bertz CT molecular complexity index is 3210. The van der Waals surface area contributed by atoms with E-state index in [0.717, 1.165) is 59.1 Å². The van der Waals surface area contributed by atoms with Crippen LogP contribution in [0.15, 0.2) is 106 Å². The molecule has 0 aliphatic carbocycles. The zero-order valence-electron chi connectivity index (χ0n) is 44.7. The standard InChI is InChI=1S/C58H66Cl2N6O10S2/c1-37-41(35-75-55-25-53(73-33-39-21-45(29-61-27-39)63-77(3,4)71)43(23-49(55)59)31-65-19-9-7-17-51(65)57(67)68)13-11-15-47(37)48-16-12-14-42(38(48)2)36-76-56-26-54(74-34-40-22-46(30-62-28-40)64-78(5,6)72)44(24-50(56)60)32-66-20-10-8-18-52(66)58(69)70/h11-16,21-30,51-52H,7-10,17-20,31-36H2,1-6H3,(H,67,68)(H,69,70)/t51-,52-/m0/s1. The van der Waals surface area contributed by atoms with Crippen molar-refractivity contribution in [1.82, 2.24) is 19.8 Å². The van der Waals surface area contributed by atoms with Gasteiger partial charge in [0, 0.05) is 104 Å². The Morgan fingerprint density at radius 2 is 0.962 bits per heavy atom. The highest BCUT2D eigenvalue weighted by Crippen LogP contribution is 2.39. The van der Waals surface area contributed by atoms with Crippen molar-refractivity contribution in [2.75, 3.05) is 38.1 Å². The fraction of sp³-hybridized carbons (Fsp3) is 0.379. The third kappa shape index (κ3) is 15.5. The van der Waals surface area contributed by atoms with E-state index in [1.54, 1.807) is 86.2 Å². The molecule has 2 aromatic heterocycles. The molecule has 78 heavy (non-hydrogen) atoms. The summed E-state index contributed by atoms with van der Waals surface area (Å²) in [5.74, 6) is 0.00717. The minimum Gasteiger partial charge on any atom is -0.488 e. The van der Waals surface area contributed by atoms with Gasteiger partial charge >= 0.3 is 11.9 Å². The van der Waals surface area contributed by atoms with Crippen LogP contribution in [-0.2, 0) is 68.6 Å². The second-order valence-electron chi connectivity index (χ2n) is 20.4. The van der Waals surface area contributed by atoms with Gasteiger partial charge in [0.2, 0.25) is 0 Å². The van der Waals surface area contributed by atoms with Gasteiger partial charge in [-0.15, -0.1) is 0 Å². The van der Waals surface area contributed by atoms with Crippen LogP contribution < -0.4 is 18.9 Å². The molecule has 2 aliphatic heterocycles. The molecule has 414 valence electrons. The smallest absolute Gasteiger partial charge is 0.320 e. The molecule has 2 atom stereocenters. The van der Waals surface area contributed by atoms with Gasteiger partial charge in [0.1, 0.15) is 61.5 Å². The van der Waals surface area contributed by atoms with Gasteiger partial charge in [-0.2, -0.15) is 8.73 Å². The normalized spacial score (nSPS) is 16.3. The Labute approximate surface area is 467 Å². The highest BCUT2D eigenvalue weighted by Gasteiger charge is 2.31. The lowest BCUT2D eigenvalue weighted by Gasteiger charge is -2.33. The second-order valence-corrected chi connectivity index (χ2v) is 26.3. The zero-order chi connectivity index (χ0) is 55.7. The maximum atomic E-state index is 12.4. The lowest BCUT2D eigenvalue weighted by Crippen LogP contribution is -2.44. The lowest BCUT2D eigenvalue weighted by atomic mass is 9.92. The van der Waals surface area contributed by atoms with Crippen LogP contribution in [-0.4, -0.2) is 101 Å². The van der Waals surface area contributed by atoms with Crippen molar-refractivity contribution in [3.8, 4) is 34.1 Å². The molecule has 20 heteroatoms. The van der Waals surface area contributed by atoms with Gasteiger partial charge in [-0.1, -0.05) is 72.4 Å². The summed E-state index contributed by atoms with van der Waals surface area (Å²) in [6, 6.07) is 21.5. The van der Waals surface area contributed by atoms with E-state index in [-0.39, 0.29) is 26.4 Å².